The summed E-state index contributed by atoms with van der Waals surface area (Å²) in [4.78, 5) is 0. The Morgan fingerprint density at radius 1 is 1.32 bits per heavy atom. The van der Waals surface area contributed by atoms with Crippen LogP contribution in [-0.4, -0.2) is 12.8 Å². The maximum absolute atomic E-state index is 7.56. The molecule has 1 saturated carbocycles. The predicted molar refractivity (Wildman–Crippen MR) is 83.5 cm³/mol. The molecule has 0 saturated heterocycles. The van der Waals surface area contributed by atoms with Crippen molar-refractivity contribution in [1.29, 1.82) is 5.41 Å². The Kier molecular flexibility index (Phi) is 4.78. The van der Waals surface area contributed by atoms with Crippen LogP contribution in [0.5, 0.6) is 0 Å². The second-order valence-corrected chi connectivity index (χ2v) is 5.24. The van der Waals surface area contributed by atoms with E-state index in [2.05, 4.69) is 43.4 Å². The first-order valence-electron chi connectivity index (χ1n) is 7.30. The van der Waals surface area contributed by atoms with Gasteiger partial charge in [-0.2, -0.15) is 0 Å². The lowest BCUT2D eigenvalue weighted by atomic mass is 9.81. The number of hydrogen-bond acceptors (Lipinski definition) is 2. The van der Waals surface area contributed by atoms with Crippen molar-refractivity contribution < 1.29 is 0 Å². The van der Waals surface area contributed by atoms with Crippen LogP contribution in [0.2, 0.25) is 0 Å². The quantitative estimate of drug-likeness (QED) is 0.593. The van der Waals surface area contributed by atoms with Crippen molar-refractivity contribution >= 4 is 11.9 Å². The van der Waals surface area contributed by atoms with E-state index in [9.17, 15) is 0 Å². The highest BCUT2D eigenvalue weighted by Crippen LogP contribution is 2.36. The molecule has 2 rings (SSSR count). The van der Waals surface area contributed by atoms with Crippen LogP contribution in [0.4, 0.5) is 5.69 Å². The zero-order valence-electron chi connectivity index (χ0n) is 12.0. The summed E-state index contributed by atoms with van der Waals surface area (Å²) < 4.78 is 0. The molecule has 2 nitrogen and oxygen atoms in total. The van der Waals surface area contributed by atoms with Gasteiger partial charge in [-0.3, -0.25) is 0 Å². The Labute approximate surface area is 116 Å². The van der Waals surface area contributed by atoms with E-state index in [1.54, 1.807) is 5.57 Å². The fraction of sp³-hybridized carbons (Fsp3) is 0.471. The van der Waals surface area contributed by atoms with Crippen LogP contribution in [0.15, 0.2) is 29.8 Å². The van der Waals surface area contributed by atoms with Gasteiger partial charge in [0, 0.05) is 24.0 Å². The summed E-state index contributed by atoms with van der Waals surface area (Å²) in [5.74, 6) is 0.665. The van der Waals surface area contributed by atoms with Crippen LogP contribution in [-0.2, 0) is 0 Å². The molecule has 2 heteroatoms. The molecule has 0 atom stereocenters. The molecule has 0 aliphatic heterocycles. The summed E-state index contributed by atoms with van der Waals surface area (Å²) in [6, 6.07) is 6.55. The summed E-state index contributed by atoms with van der Waals surface area (Å²) >= 11 is 0. The summed E-state index contributed by atoms with van der Waals surface area (Å²) in [6.45, 7) is 5.13. The third kappa shape index (κ3) is 3.25. The molecule has 0 aromatic heterocycles. The van der Waals surface area contributed by atoms with Gasteiger partial charge in [-0.05, 0) is 63.1 Å². The van der Waals surface area contributed by atoms with Crippen LogP contribution in [0, 0.1) is 5.41 Å². The number of benzene rings is 1. The molecule has 1 fully saturated rings. The van der Waals surface area contributed by atoms with E-state index in [0.717, 1.165) is 17.8 Å². The molecule has 102 valence electrons. The van der Waals surface area contributed by atoms with Crippen LogP contribution < -0.4 is 5.32 Å². The molecule has 0 radical (unpaired) electrons. The number of nitrogens with one attached hydrogen (secondary N) is 2. The Morgan fingerprint density at radius 2 is 2.05 bits per heavy atom. The van der Waals surface area contributed by atoms with Crippen molar-refractivity contribution in [2.75, 3.05) is 11.9 Å². The van der Waals surface area contributed by atoms with E-state index >= 15 is 0 Å². The molecular weight excluding hydrogens is 232 g/mol. The van der Waals surface area contributed by atoms with Crippen LogP contribution >= 0.6 is 0 Å². The zero-order valence-corrected chi connectivity index (χ0v) is 12.0. The SMILES string of the molecule is CC=C1CCC(c2ccc(NCC)c(C=N)c2)CC1. The van der Waals surface area contributed by atoms with Crippen molar-refractivity contribution in [3.63, 3.8) is 0 Å². The highest BCUT2D eigenvalue weighted by Gasteiger charge is 2.18. The second kappa shape index (κ2) is 6.55. The molecule has 1 aliphatic rings. The molecule has 0 unspecified atom stereocenters. The van der Waals surface area contributed by atoms with E-state index < -0.39 is 0 Å². The molecular formula is C17H24N2. The van der Waals surface area contributed by atoms with E-state index in [1.807, 2.05) is 0 Å². The lowest BCUT2D eigenvalue weighted by molar-refractivity contribution is 0.516. The molecule has 0 heterocycles. The van der Waals surface area contributed by atoms with Crippen molar-refractivity contribution in [3.8, 4) is 0 Å². The second-order valence-electron chi connectivity index (χ2n) is 5.24. The first kappa shape index (κ1) is 13.9. The van der Waals surface area contributed by atoms with Crippen molar-refractivity contribution in [3.05, 3.63) is 41.0 Å². The first-order valence-corrected chi connectivity index (χ1v) is 7.30. The predicted octanol–water partition coefficient (Wildman–Crippen LogP) is 4.72. The molecule has 2 N–H and O–H groups in total. The zero-order chi connectivity index (χ0) is 13.7. The molecule has 0 spiro atoms. The maximum Gasteiger partial charge on any atom is 0.0429 e. The third-order valence-corrected chi connectivity index (χ3v) is 4.11. The van der Waals surface area contributed by atoms with Crippen LogP contribution in [0.3, 0.4) is 0 Å². The van der Waals surface area contributed by atoms with Gasteiger partial charge in [0.05, 0.1) is 0 Å². The highest BCUT2D eigenvalue weighted by molar-refractivity contribution is 5.86. The molecule has 1 aromatic rings. The fourth-order valence-corrected chi connectivity index (χ4v) is 2.92. The van der Waals surface area contributed by atoms with Gasteiger partial charge in [0.15, 0.2) is 0 Å². The first-order chi connectivity index (χ1) is 9.28. The standard InChI is InChI=1S/C17H24N2/c1-3-13-5-7-14(8-6-13)15-9-10-17(19-4-2)16(11-15)12-18/h3,9-12,14,18-19H,4-8H2,1-2H3. The minimum absolute atomic E-state index is 0.665. The Balaban J connectivity index is 2.15. The van der Waals surface area contributed by atoms with Gasteiger partial charge < -0.3 is 10.7 Å². The lowest BCUT2D eigenvalue weighted by Crippen LogP contribution is -2.08. The van der Waals surface area contributed by atoms with Gasteiger partial charge in [0.2, 0.25) is 0 Å². The topological polar surface area (TPSA) is 35.9 Å². The normalized spacial score (nSPS) is 19.1. The summed E-state index contributed by atoms with van der Waals surface area (Å²) in [6.07, 6.45) is 8.69. The summed E-state index contributed by atoms with van der Waals surface area (Å²) in [5.41, 5.74) is 5.09. The van der Waals surface area contributed by atoms with Crippen molar-refractivity contribution in [2.24, 2.45) is 0 Å². The molecule has 19 heavy (non-hydrogen) atoms. The molecule has 0 bridgehead atoms. The van der Waals surface area contributed by atoms with E-state index in [1.165, 1.54) is 37.5 Å². The maximum atomic E-state index is 7.56. The average Bonchev–Trinajstić information content (AvgIpc) is 2.48. The van der Waals surface area contributed by atoms with Crippen molar-refractivity contribution in [1.82, 2.24) is 0 Å². The van der Waals surface area contributed by atoms with Crippen LogP contribution in [0.25, 0.3) is 0 Å². The van der Waals surface area contributed by atoms with Gasteiger partial charge in [-0.25, -0.2) is 0 Å². The number of hydrogen-bond donors (Lipinski definition) is 2. The van der Waals surface area contributed by atoms with Crippen molar-refractivity contribution in [2.45, 2.75) is 45.4 Å². The minimum atomic E-state index is 0.665. The Hall–Kier alpha value is -1.57. The Bertz CT molecular complexity index is 464. The van der Waals surface area contributed by atoms with E-state index in [-0.39, 0.29) is 0 Å². The van der Waals surface area contributed by atoms with Gasteiger partial charge in [-0.1, -0.05) is 17.7 Å². The lowest BCUT2D eigenvalue weighted by Gasteiger charge is -2.25. The fourth-order valence-electron chi connectivity index (χ4n) is 2.92. The smallest absolute Gasteiger partial charge is 0.0429 e. The van der Waals surface area contributed by atoms with E-state index in [4.69, 9.17) is 5.41 Å². The monoisotopic (exact) mass is 256 g/mol. The molecule has 1 aliphatic carbocycles. The number of allylic oxidation sites excluding steroid dienone is 2. The van der Waals surface area contributed by atoms with Gasteiger partial charge >= 0.3 is 0 Å². The number of rotatable bonds is 4. The average molecular weight is 256 g/mol. The van der Waals surface area contributed by atoms with Gasteiger partial charge in [0.1, 0.15) is 0 Å². The third-order valence-electron chi connectivity index (χ3n) is 4.11. The Morgan fingerprint density at radius 3 is 2.63 bits per heavy atom. The van der Waals surface area contributed by atoms with Gasteiger partial charge in [-0.15, -0.1) is 0 Å². The highest BCUT2D eigenvalue weighted by atomic mass is 14.9. The van der Waals surface area contributed by atoms with E-state index in [0.29, 0.717) is 5.92 Å². The molecule has 0 amide bonds. The number of anilines is 1. The summed E-state index contributed by atoms with van der Waals surface area (Å²) in [7, 11) is 0. The largest absolute Gasteiger partial charge is 0.385 e. The molecule has 1 aromatic carbocycles. The summed E-state index contributed by atoms with van der Waals surface area (Å²) in [5, 5.41) is 10.9. The van der Waals surface area contributed by atoms with Gasteiger partial charge in [0.25, 0.3) is 0 Å². The van der Waals surface area contributed by atoms with Crippen LogP contribution in [0.1, 0.15) is 56.6 Å². The minimum Gasteiger partial charge on any atom is -0.385 e.